The van der Waals surface area contributed by atoms with Gasteiger partial charge in [-0.15, -0.1) is 0 Å². The maximum absolute atomic E-state index is 13.5. The van der Waals surface area contributed by atoms with Gasteiger partial charge < -0.3 is 34.4 Å². The molecule has 2 aromatic heterocycles. The van der Waals surface area contributed by atoms with Crippen LogP contribution >= 0.6 is 0 Å². The molecular formula is C24H23N3O7. The van der Waals surface area contributed by atoms with E-state index in [1.165, 1.54) is 0 Å². The highest BCUT2D eigenvalue weighted by Gasteiger charge is 2.45. The normalized spacial score (nSPS) is 19.7. The molecule has 0 unspecified atom stereocenters. The number of aliphatic hydroxyl groups is 1. The van der Waals surface area contributed by atoms with Gasteiger partial charge in [-0.3, -0.25) is 4.79 Å². The average molecular weight is 465 g/mol. The standard InChI is InChI=1S/C24H23N3O7/c1-2-24(30)16-6-18-21-13(8-27(18)22(28)15(16)10-32-23(24)29)14(9-31-4-3-25)12-5-19-20(34-11-33-19)7-17(12)26-21/h5-7,30H,2-4,8-11,25H2,1H3/t24-/m0/s1. The number of hydrogen-bond donors (Lipinski definition) is 2. The van der Waals surface area contributed by atoms with Crippen LogP contribution in [0.25, 0.3) is 22.3 Å². The zero-order valence-electron chi connectivity index (χ0n) is 18.6. The Labute approximate surface area is 193 Å². The Bertz CT molecular complexity index is 1430. The second-order valence-electron chi connectivity index (χ2n) is 8.58. The molecule has 176 valence electrons. The SMILES string of the molecule is CC[C@@]1(O)C(=O)OCc2c1cc1n(c2=O)Cc2c-1nc1cc3c(cc1c2COCCN)OCO3. The van der Waals surface area contributed by atoms with Crippen molar-refractivity contribution in [1.29, 1.82) is 0 Å². The molecule has 34 heavy (non-hydrogen) atoms. The van der Waals surface area contributed by atoms with E-state index in [2.05, 4.69) is 0 Å². The molecule has 3 aromatic rings. The number of hydrogen-bond acceptors (Lipinski definition) is 9. The largest absolute Gasteiger partial charge is 0.458 e. The highest BCUT2D eigenvalue weighted by Crippen LogP contribution is 2.43. The van der Waals surface area contributed by atoms with E-state index in [9.17, 15) is 14.7 Å². The Morgan fingerprint density at radius 1 is 1.18 bits per heavy atom. The maximum atomic E-state index is 13.5. The summed E-state index contributed by atoms with van der Waals surface area (Å²) in [6.07, 6.45) is 0.0847. The molecule has 3 aliphatic heterocycles. The van der Waals surface area contributed by atoms with Crippen LogP contribution in [0.2, 0.25) is 0 Å². The third-order valence-electron chi connectivity index (χ3n) is 6.81. The summed E-state index contributed by atoms with van der Waals surface area (Å²) in [7, 11) is 0. The molecule has 3 N–H and O–H groups in total. The van der Waals surface area contributed by atoms with E-state index in [1.807, 2.05) is 12.1 Å². The zero-order valence-corrected chi connectivity index (χ0v) is 18.6. The van der Waals surface area contributed by atoms with Crippen LogP contribution in [-0.2, 0) is 39.6 Å². The highest BCUT2D eigenvalue weighted by atomic mass is 16.7. The minimum absolute atomic E-state index is 0.0847. The molecule has 6 rings (SSSR count). The molecule has 0 spiro atoms. The van der Waals surface area contributed by atoms with Gasteiger partial charge in [0.25, 0.3) is 5.56 Å². The molecule has 10 nitrogen and oxygen atoms in total. The smallest absolute Gasteiger partial charge is 0.343 e. The van der Waals surface area contributed by atoms with E-state index in [1.54, 1.807) is 17.6 Å². The van der Waals surface area contributed by atoms with Crippen LogP contribution < -0.4 is 20.8 Å². The topological polar surface area (TPSA) is 135 Å². The lowest BCUT2D eigenvalue weighted by atomic mass is 9.86. The first-order chi connectivity index (χ1) is 16.5. The molecule has 1 aromatic carbocycles. The van der Waals surface area contributed by atoms with Crippen LogP contribution in [-0.4, -0.2) is 40.6 Å². The lowest BCUT2D eigenvalue weighted by Crippen LogP contribution is -2.44. The molecule has 0 radical (unpaired) electrons. The van der Waals surface area contributed by atoms with Crippen molar-refractivity contribution in [2.75, 3.05) is 19.9 Å². The van der Waals surface area contributed by atoms with E-state index in [0.717, 1.165) is 16.5 Å². The predicted octanol–water partition coefficient (Wildman–Crippen LogP) is 1.28. The van der Waals surface area contributed by atoms with Crippen molar-refractivity contribution in [1.82, 2.24) is 9.55 Å². The average Bonchev–Trinajstić information content (AvgIpc) is 3.44. The third-order valence-corrected chi connectivity index (χ3v) is 6.81. The molecule has 0 saturated heterocycles. The minimum atomic E-state index is -1.87. The Kier molecular flexibility index (Phi) is 4.67. The molecule has 0 fully saturated rings. The number of nitrogens with zero attached hydrogens (tertiary/aromatic N) is 2. The fraction of sp³-hybridized carbons (Fsp3) is 0.375. The number of carbonyl (C=O) groups is 1. The van der Waals surface area contributed by atoms with Crippen molar-refractivity contribution >= 4 is 16.9 Å². The fourth-order valence-electron chi connectivity index (χ4n) is 4.97. The van der Waals surface area contributed by atoms with Crippen LogP contribution in [0.15, 0.2) is 23.0 Å². The summed E-state index contributed by atoms with van der Waals surface area (Å²) in [5, 5.41) is 11.9. The molecule has 0 bridgehead atoms. The van der Waals surface area contributed by atoms with Gasteiger partial charge in [-0.05, 0) is 24.1 Å². The molecule has 0 saturated carbocycles. The fourth-order valence-corrected chi connectivity index (χ4v) is 4.97. The summed E-state index contributed by atoms with van der Waals surface area (Å²) < 4.78 is 23.6. The van der Waals surface area contributed by atoms with Gasteiger partial charge in [0, 0.05) is 29.1 Å². The quantitative estimate of drug-likeness (QED) is 0.330. The number of benzene rings is 1. The van der Waals surface area contributed by atoms with Gasteiger partial charge >= 0.3 is 5.97 Å². The van der Waals surface area contributed by atoms with Crippen molar-refractivity contribution in [2.24, 2.45) is 5.73 Å². The molecule has 1 atom stereocenters. The zero-order chi connectivity index (χ0) is 23.6. The first-order valence-corrected chi connectivity index (χ1v) is 11.2. The van der Waals surface area contributed by atoms with Gasteiger partial charge in [0.1, 0.15) is 6.61 Å². The number of ether oxygens (including phenoxy) is 4. The summed E-state index contributed by atoms with van der Waals surface area (Å²) >= 11 is 0. The predicted molar refractivity (Wildman–Crippen MR) is 119 cm³/mol. The third kappa shape index (κ3) is 2.82. The number of fused-ring (bicyclic) bond motifs is 6. The Hall–Kier alpha value is -3.47. The van der Waals surface area contributed by atoms with Crippen molar-refractivity contribution in [3.05, 3.63) is 50.8 Å². The van der Waals surface area contributed by atoms with Crippen molar-refractivity contribution in [3.8, 4) is 22.9 Å². The molecule has 5 heterocycles. The van der Waals surface area contributed by atoms with Crippen molar-refractivity contribution < 1.29 is 28.8 Å². The second kappa shape index (κ2) is 7.52. The van der Waals surface area contributed by atoms with Crippen LogP contribution in [0.5, 0.6) is 11.5 Å². The van der Waals surface area contributed by atoms with Gasteiger partial charge in [-0.25, -0.2) is 9.78 Å². The van der Waals surface area contributed by atoms with Crippen LogP contribution in [0, 0.1) is 0 Å². The number of carbonyl (C=O) groups excluding carboxylic acids is 1. The first-order valence-electron chi connectivity index (χ1n) is 11.2. The second-order valence-corrected chi connectivity index (χ2v) is 8.58. The number of cyclic esters (lactones) is 1. The number of esters is 1. The van der Waals surface area contributed by atoms with E-state index in [4.69, 9.17) is 29.7 Å². The summed E-state index contributed by atoms with van der Waals surface area (Å²) in [5.74, 6) is 0.471. The van der Waals surface area contributed by atoms with E-state index in [0.29, 0.717) is 41.6 Å². The first kappa shape index (κ1) is 21.1. The molecular weight excluding hydrogens is 442 g/mol. The summed E-state index contributed by atoms with van der Waals surface area (Å²) in [6.45, 7) is 2.97. The van der Waals surface area contributed by atoms with Gasteiger partial charge in [-0.2, -0.15) is 0 Å². The van der Waals surface area contributed by atoms with Gasteiger partial charge in [0.15, 0.2) is 17.1 Å². The lowest BCUT2D eigenvalue weighted by molar-refractivity contribution is -0.172. The monoisotopic (exact) mass is 465 g/mol. The molecule has 3 aliphatic rings. The number of pyridine rings is 2. The van der Waals surface area contributed by atoms with Crippen LogP contribution in [0.1, 0.15) is 35.6 Å². The van der Waals surface area contributed by atoms with E-state index < -0.39 is 11.6 Å². The minimum Gasteiger partial charge on any atom is -0.458 e. The number of nitrogens with two attached hydrogens (primary N) is 1. The lowest BCUT2D eigenvalue weighted by Gasteiger charge is -2.31. The summed E-state index contributed by atoms with van der Waals surface area (Å²) in [4.78, 5) is 30.7. The molecule has 10 heteroatoms. The maximum Gasteiger partial charge on any atom is 0.343 e. The Morgan fingerprint density at radius 2 is 1.97 bits per heavy atom. The van der Waals surface area contributed by atoms with Crippen molar-refractivity contribution in [3.63, 3.8) is 0 Å². The number of aromatic nitrogens is 2. The van der Waals surface area contributed by atoms with E-state index >= 15 is 0 Å². The molecule has 0 aliphatic carbocycles. The highest BCUT2D eigenvalue weighted by molar-refractivity contribution is 5.91. The van der Waals surface area contributed by atoms with Gasteiger partial charge in [-0.1, -0.05) is 6.92 Å². The van der Waals surface area contributed by atoms with Gasteiger partial charge in [0.2, 0.25) is 6.79 Å². The van der Waals surface area contributed by atoms with E-state index in [-0.39, 0.29) is 49.7 Å². The summed E-state index contributed by atoms with van der Waals surface area (Å²) in [6, 6.07) is 5.39. The molecule has 0 amide bonds. The van der Waals surface area contributed by atoms with Gasteiger partial charge in [0.05, 0.1) is 42.2 Å². The van der Waals surface area contributed by atoms with Crippen molar-refractivity contribution in [2.45, 2.75) is 38.7 Å². The Morgan fingerprint density at radius 3 is 2.74 bits per heavy atom. The van der Waals surface area contributed by atoms with Crippen LogP contribution in [0.3, 0.4) is 0 Å². The van der Waals surface area contributed by atoms with Crippen LogP contribution in [0.4, 0.5) is 0 Å². The number of rotatable bonds is 5. The Balaban J connectivity index is 1.60. The summed E-state index contributed by atoms with van der Waals surface area (Å²) in [5.41, 5.74) is 7.54.